The molecule has 2 atom stereocenters. The molecule has 0 heterocycles. The standard InChI is InChI=1S/C36H54N2O2.C7H8O3S.Mn/c1-33(2,3)25-17-23(31(39)27(19-25)35(7,8)9)21-37-29-15-13-14-16-30(29)38-22-24-18-26(34(4,5)6)20-28(32(24)40)36(10,11)12;1-6-2-4-7(5-3-6)11(8,9)10;/h17-22,29-30,39-40H,13-16H2,1-12H3;2-5H,1H3,(H,8,9,10);/q;;+3/p-3/t29-,30-;;/m1../s1. The first-order valence-corrected chi connectivity index (χ1v) is 19.4. The van der Waals surface area contributed by atoms with E-state index in [0.29, 0.717) is 11.1 Å². The Morgan fingerprint density at radius 2 is 0.962 bits per heavy atom. The fraction of sp³-hybridized carbons (Fsp3) is 0.535. The number of hydrogen-bond donors (Lipinski definition) is 0. The third-order valence-electron chi connectivity index (χ3n) is 9.40. The maximum absolute atomic E-state index is 13.5. The van der Waals surface area contributed by atoms with E-state index >= 15 is 0 Å². The van der Waals surface area contributed by atoms with Crippen LogP contribution in [-0.2, 0) is 48.8 Å². The first-order valence-electron chi connectivity index (χ1n) is 18.0. The minimum absolute atomic E-state index is 0. The maximum atomic E-state index is 13.5. The van der Waals surface area contributed by atoms with Crippen LogP contribution in [0.2, 0.25) is 0 Å². The van der Waals surface area contributed by atoms with Gasteiger partial charge in [-0.25, -0.2) is 8.42 Å². The van der Waals surface area contributed by atoms with Crippen LogP contribution in [0.3, 0.4) is 0 Å². The molecule has 0 N–H and O–H groups in total. The van der Waals surface area contributed by atoms with Crippen LogP contribution in [0.25, 0.3) is 0 Å². The van der Waals surface area contributed by atoms with Gasteiger partial charge in [0.2, 0.25) is 0 Å². The summed E-state index contributed by atoms with van der Waals surface area (Å²) in [5, 5.41) is 26.9. The van der Waals surface area contributed by atoms with Crippen LogP contribution in [0, 0.1) is 6.92 Å². The second kappa shape index (κ2) is 17.0. The van der Waals surface area contributed by atoms with Crippen LogP contribution in [0.1, 0.15) is 148 Å². The molecule has 1 fully saturated rings. The van der Waals surface area contributed by atoms with E-state index in [9.17, 15) is 23.2 Å². The topological polar surface area (TPSA) is 128 Å². The predicted molar refractivity (Wildman–Crippen MR) is 207 cm³/mol. The number of hydrogen-bond acceptors (Lipinski definition) is 7. The zero-order valence-corrected chi connectivity index (χ0v) is 35.5. The Bertz CT molecular complexity index is 1740. The van der Waals surface area contributed by atoms with E-state index in [1.807, 2.05) is 19.1 Å². The molecule has 4 rings (SSSR count). The number of rotatable bonds is 5. The molecule has 0 bridgehead atoms. The number of aryl methyl sites for hydroxylation is 1. The van der Waals surface area contributed by atoms with Crippen molar-refractivity contribution >= 4 is 22.5 Å². The van der Waals surface area contributed by atoms with Crippen LogP contribution in [-0.4, -0.2) is 37.5 Å². The Hall–Kier alpha value is -2.97. The summed E-state index contributed by atoms with van der Waals surface area (Å²) in [6, 6.07) is 13.9. The molecule has 1 saturated carbocycles. The van der Waals surface area contributed by atoms with Gasteiger partial charge in [-0.05, 0) is 86.9 Å². The fourth-order valence-corrected chi connectivity index (χ4v) is 6.44. The average molecular weight is 771 g/mol. The summed E-state index contributed by atoms with van der Waals surface area (Å²) in [5.41, 5.74) is 5.55. The molecule has 9 heteroatoms. The van der Waals surface area contributed by atoms with Crippen LogP contribution in [0.5, 0.6) is 11.5 Å². The molecule has 284 valence electrons. The average Bonchev–Trinajstić information content (AvgIpc) is 2.98. The Balaban J connectivity index is 0.000000666. The van der Waals surface area contributed by atoms with Gasteiger partial charge in [0.25, 0.3) is 0 Å². The summed E-state index contributed by atoms with van der Waals surface area (Å²) < 4.78 is 31.2. The predicted octanol–water partition coefficient (Wildman–Crippen LogP) is 8.77. The molecule has 0 aliphatic heterocycles. The van der Waals surface area contributed by atoms with E-state index in [-0.39, 0.29) is 67.2 Å². The van der Waals surface area contributed by atoms with E-state index in [2.05, 4.69) is 95.2 Å². The Morgan fingerprint density at radius 3 is 1.25 bits per heavy atom. The van der Waals surface area contributed by atoms with Gasteiger partial charge in [-0.1, -0.05) is 149 Å². The van der Waals surface area contributed by atoms with Crippen molar-refractivity contribution in [3.05, 3.63) is 87.5 Å². The molecule has 3 aromatic carbocycles. The zero-order valence-electron chi connectivity index (χ0n) is 33.5. The summed E-state index contributed by atoms with van der Waals surface area (Å²) in [5.74, 6) is 0.120. The van der Waals surface area contributed by atoms with Gasteiger partial charge in [0.15, 0.2) is 0 Å². The summed E-state index contributed by atoms with van der Waals surface area (Å²) in [7, 11) is -4.27. The Labute approximate surface area is 324 Å². The number of aliphatic imine (C=N–C) groups is 2. The van der Waals surface area contributed by atoms with E-state index < -0.39 is 10.1 Å². The number of benzene rings is 3. The van der Waals surface area contributed by atoms with Crippen molar-refractivity contribution in [3.63, 3.8) is 0 Å². The molecule has 7 nitrogen and oxygen atoms in total. The molecule has 3 aromatic rings. The quantitative estimate of drug-likeness (QED) is 0.146. The first kappa shape index (κ1) is 45.2. The molecule has 1 aliphatic carbocycles. The van der Waals surface area contributed by atoms with Crippen molar-refractivity contribution in [2.24, 2.45) is 9.98 Å². The van der Waals surface area contributed by atoms with Crippen LogP contribution >= 0.6 is 0 Å². The van der Waals surface area contributed by atoms with Gasteiger partial charge in [-0.2, -0.15) is 0 Å². The van der Waals surface area contributed by atoms with E-state index in [4.69, 9.17) is 9.98 Å². The Kier molecular flexibility index (Phi) is 14.8. The fourth-order valence-electron chi connectivity index (χ4n) is 5.97. The second-order valence-corrected chi connectivity index (χ2v) is 19.5. The molecule has 0 amide bonds. The van der Waals surface area contributed by atoms with Crippen molar-refractivity contribution in [3.8, 4) is 11.5 Å². The first-order chi connectivity index (χ1) is 23.2. The largest absolute Gasteiger partial charge is 3.00 e. The van der Waals surface area contributed by atoms with Gasteiger partial charge in [0.05, 0.1) is 17.0 Å². The van der Waals surface area contributed by atoms with Gasteiger partial charge >= 0.3 is 17.1 Å². The monoisotopic (exact) mass is 770 g/mol. The third kappa shape index (κ3) is 12.3. The normalized spacial score (nSPS) is 17.5. The summed E-state index contributed by atoms with van der Waals surface area (Å²) >= 11 is 0. The molecule has 52 heavy (non-hydrogen) atoms. The Morgan fingerprint density at radius 1 is 0.615 bits per heavy atom. The second-order valence-electron chi connectivity index (χ2n) is 18.1. The smallest absolute Gasteiger partial charge is 0.872 e. The van der Waals surface area contributed by atoms with Crippen molar-refractivity contribution in [2.45, 2.75) is 154 Å². The van der Waals surface area contributed by atoms with E-state index in [1.165, 1.54) is 12.1 Å². The third-order valence-corrected chi connectivity index (χ3v) is 10.2. The van der Waals surface area contributed by atoms with Gasteiger partial charge < -0.3 is 14.8 Å². The molecule has 1 aliphatic rings. The maximum Gasteiger partial charge on any atom is 3.00 e. The minimum Gasteiger partial charge on any atom is -0.872 e. The van der Waals surface area contributed by atoms with Gasteiger partial charge in [-0.3, -0.25) is 9.98 Å². The van der Waals surface area contributed by atoms with Crippen molar-refractivity contribution < 1.29 is 40.3 Å². The summed E-state index contributed by atoms with van der Waals surface area (Å²) in [6.07, 6.45) is 7.63. The van der Waals surface area contributed by atoms with Crippen LogP contribution < -0.4 is 10.2 Å². The molecule has 0 unspecified atom stereocenters. The molecular formula is C43H59MnN2O5S. The zero-order chi connectivity index (χ0) is 38.7. The van der Waals surface area contributed by atoms with Crippen LogP contribution in [0.15, 0.2) is 63.4 Å². The SMILES string of the molecule is CC(C)(C)c1cc(C=N[C@@H]2CCCC[C@H]2N=Cc2cc(C(C)(C)C)cc(C(C)(C)C)c2[O-])c([O-])c(C(C)(C)C)c1.Cc1ccc(S(=O)(=O)[O-])cc1.[Mn+3]. The van der Waals surface area contributed by atoms with Crippen molar-refractivity contribution in [1.29, 1.82) is 0 Å². The van der Waals surface area contributed by atoms with Crippen molar-refractivity contribution in [1.82, 2.24) is 0 Å². The van der Waals surface area contributed by atoms with Gasteiger partial charge in [0, 0.05) is 12.4 Å². The van der Waals surface area contributed by atoms with E-state index in [0.717, 1.165) is 53.5 Å². The number of nitrogens with zero attached hydrogens (tertiary/aromatic N) is 2. The summed E-state index contributed by atoms with van der Waals surface area (Å²) in [6.45, 7) is 27.4. The van der Waals surface area contributed by atoms with Crippen molar-refractivity contribution in [2.75, 3.05) is 0 Å². The van der Waals surface area contributed by atoms with Gasteiger partial charge in [-0.15, -0.1) is 0 Å². The molecular weight excluding hydrogens is 711 g/mol. The molecule has 0 saturated heterocycles. The summed E-state index contributed by atoms with van der Waals surface area (Å²) in [4.78, 5) is 9.77. The molecule has 0 radical (unpaired) electrons. The minimum atomic E-state index is -4.27. The molecule has 0 aromatic heterocycles. The molecule has 0 spiro atoms. The van der Waals surface area contributed by atoms with Crippen LogP contribution in [0.4, 0.5) is 0 Å². The van der Waals surface area contributed by atoms with E-state index in [1.54, 1.807) is 24.6 Å². The van der Waals surface area contributed by atoms with Gasteiger partial charge in [0.1, 0.15) is 10.1 Å².